The lowest BCUT2D eigenvalue weighted by Gasteiger charge is -2.16. The van der Waals surface area contributed by atoms with Crippen LogP contribution in [0.3, 0.4) is 0 Å². The highest BCUT2D eigenvalue weighted by atomic mass is 16.5. The summed E-state index contributed by atoms with van der Waals surface area (Å²) in [6.45, 7) is 1.47. The highest BCUT2D eigenvalue weighted by molar-refractivity contribution is 5.81. The normalized spacial score (nSPS) is 23.8. The van der Waals surface area contributed by atoms with Crippen LogP contribution >= 0.6 is 0 Å². The van der Waals surface area contributed by atoms with Gasteiger partial charge >= 0.3 is 6.01 Å². The molecule has 0 unspecified atom stereocenters. The second-order valence-electron chi connectivity index (χ2n) is 4.62. The van der Waals surface area contributed by atoms with Crippen molar-refractivity contribution < 1.29 is 9.53 Å². The molecule has 3 rings (SSSR count). The molecule has 0 aromatic carbocycles. The van der Waals surface area contributed by atoms with Crippen molar-refractivity contribution in [3.63, 3.8) is 0 Å². The molecule has 1 aliphatic carbocycles. The van der Waals surface area contributed by atoms with Crippen LogP contribution < -0.4 is 4.74 Å². The van der Waals surface area contributed by atoms with Crippen molar-refractivity contribution in [3.8, 4) is 6.01 Å². The van der Waals surface area contributed by atoms with Crippen LogP contribution in [0.1, 0.15) is 19.3 Å². The Labute approximate surface area is 99.8 Å². The van der Waals surface area contributed by atoms with Crippen LogP contribution in [0.2, 0.25) is 0 Å². The molecule has 2 aliphatic rings. The molecule has 0 N–H and O–H groups in total. The first kappa shape index (κ1) is 10.5. The zero-order valence-corrected chi connectivity index (χ0v) is 9.58. The third-order valence-corrected chi connectivity index (χ3v) is 3.20. The Bertz CT molecular complexity index is 405. The van der Waals surface area contributed by atoms with Crippen molar-refractivity contribution in [1.82, 2.24) is 14.9 Å². The Kier molecular flexibility index (Phi) is 2.66. The minimum absolute atomic E-state index is 0.0418. The minimum Gasteiger partial charge on any atom is -0.458 e. The number of likely N-dealkylation sites (tertiary alicyclic amines) is 1. The average Bonchev–Trinajstić information content (AvgIpc) is 3.11. The Balaban J connectivity index is 1.55. The van der Waals surface area contributed by atoms with E-state index in [1.54, 1.807) is 18.5 Å². The maximum Gasteiger partial charge on any atom is 0.316 e. The van der Waals surface area contributed by atoms with Crippen LogP contribution in [-0.2, 0) is 4.79 Å². The van der Waals surface area contributed by atoms with Crippen molar-refractivity contribution in [2.24, 2.45) is 5.92 Å². The number of nitrogens with zero attached hydrogens (tertiary/aromatic N) is 3. The van der Waals surface area contributed by atoms with E-state index in [-0.39, 0.29) is 6.10 Å². The summed E-state index contributed by atoms with van der Waals surface area (Å²) in [5.74, 6) is 0.590. The number of hydrogen-bond donors (Lipinski definition) is 0. The fourth-order valence-electron chi connectivity index (χ4n) is 2.11. The summed E-state index contributed by atoms with van der Waals surface area (Å²) >= 11 is 0. The van der Waals surface area contributed by atoms with Crippen LogP contribution in [0, 0.1) is 5.92 Å². The Morgan fingerprint density at radius 2 is 2.06 bits per heavy atom. The summed E-state index contributed by atoms with van der Waals surface area (Å²) in [5, 5.41) is 0. The molecule has 5 nitrogen and oxygen atoms in total. The van der Waals surface area contributed by atoms with Gasteiger partial charge in [-0.1, -0.05) is 0 Å². The number of hydrogen-bond acceptors (Lipinski definition) is 4. The first-order valence-electron chi connectivity index (χ1n) is 6.05. The molecule has 1 amide bonds. The maximum atomic E-state index is 11.8. The standard InChI is InChI=1S/C12H15N3O2/c16-11(9-2-3-9)15-7-4-10(8-15)17-12-13-5-1-6-14-12/h1,5-6,9-10H,2-4,7-8H2/t10-/m0/s1. The van der Waals surface area contributed by atoms with Crippen molar-refractivity contribution in [3.05, 3.63) is 18.5 Å². The first-order valence-corrected chi connectivity index (χ1v) is 6.05. The van der Waals surface area contributed by atoms with Crippen molar-refractivity contribution in [2.45, 2.75) is 25.4 Å². The van der Waals surface area contributed by atoms with Gasteiger partial charge < -0.3 is 9.64 Å². The molecule has 1 aromatic rings. The van der Waals surface area contributed by atoms with Crippen LogP contribution in [0.25, 0.3) is 0 Å². The molecule has 0 bridgehead atoms. The van der Waals surface area contributed by atoms with Gasteiger partial charge in [0.25, 0.3) is 0 Å². The lowest BCUT2D eigenvalue weighted by molar-refractivity contribution is -0.131. The van der Waals surface area contributed by atoms with E-state index in [1.807, 2.05) is 4.90 Å². The summed E-state index contributed by atoms with van der Waals surface area (Å²) in [6.07, 6.45) is 6.34. The molecule has 5 heteroatoms. The van der Waals surface area contributed by atoms with Gasteiger partial charge in [0, 0.05) is 31.3 Å². The van der Waals surface area contributed by atoms with Gasteiger partial charge in [-0.15, -0.1) is 0 Å². The Hall–Kier alpha value is -1.65. The lowest BCUT2D eigenvalue weighted by Crippen LogP contribution is -2.32. The van der Waals surface area contributed by atoms with Crippen molar-refractivity contribution in [2.75, 3.05) is 13.1 Å². The van der Waals surface area contributed by atoms with Crippen molar-refractivity contribution >= 4 is 5.91 Å². The molecule has 90 valence electrons. The minimum atomic E-state index is 0.0418. The first-order chi connectivity index (χ1) is 8.33. The fourth-order valence-corrected chi connectivity index (χ4v) is 2.11. The van der Waals surface area contributed by atoms with E-state index in [0.717, 1.165) is 25.8 Å². The molecular weight excluding hydrogens is 218 g/mol. The zero-order valence-electron chi connectivity index (χ0n) is 9.58. The van der Waals surface area contributed by atoms with E-state index in [0.29, 0.717) is 24.4 Å². The van der Waals surface area contributed by atoms with Gasteiger partial charge in [-0.25, -0.2) is 9.97 Å². The van der Waals surface area contributed by atoms with Gasteiger partial charge in [-0.2, -0.15) is 0 Å². The van der Waals surface area contributed by atoms with Gasteiger partial charge in [0.1, 0.15) is 6.10 Å². The predicted molar refractivity (Wildman–Crippen MR) is 60.4 cm³/mol. The second kappa shape index (κ2) is 4.31. The van der Waals surface area contributed by atoms with E-state index in [4.69, 9.17) is 4.74 Å². The van der Waals surface area contributed by atoms with Crippen LogP contribution in [-0.4, -0.2) is 40.0 Å². The number of carbonyl (C=O) groups excluding carboxylic acids is 1. The number of amides is 1. The van der Waals surface area contributed by atoms with E-state index in [2.05, 4.69) is 9.97 Å². The molecule has 1 atom stereocenters. The number of carbonyl (C=O) groups is 1. The molecular formula is C12H15N3O2. The molecule has 1 saturated carbocycles. The van der Waals surface area contributed by atoms with Gasteiger partial charge in [-0.3, -0.25) is 4.79 Å². The highest BCUT2D eigenvalue weighted by Gasteiger charge is 2.37. The van der Waals surface area contributed by atoms with E-state index in [9.17, 15) is 4.79 Å². The molecule has 0 spiro atoms. The van der Waals surface area contributed by atoms with E-state index < -0.39 is 0 Å². The number of ether oxygens (including phenoxy) is 1. The van der Waals surface area contributed by atoms with Crippen LogP contribution in [0.5, 0.6) is 6.01 Å². The second-order valence-corrected chi connectivity index (χ2v) is 4.62. The monoisotopic (exact) mass is 233 g/mol. The summed E-state index contributed by atoms with van der Waals surface area (Å²) in [7, 11) is 0. The molecule has 1 saturated heterocycles. The summed E-state index contributed by atoms with van der Waals surface area (Å²) in [6, 6.07) is 2.16. The summed E-state index contributed by atoms with van der Waals surface area (Å²) in [4.78, 5) is 21.8. The SMILES string of the molecule is O=C(C1CC1)N1CC[C@H](Oc2ncccn2)C1. The summed E-state index contributed by atoms with van der Waals surface area (Å²) in [5.41, 5.74) is 0. The topological polar surface area (TPSA) is 55.3 Å². The smallest absolute Gasteiger partial charge is 0.316 e. The Morgan fingerprint density at radius 3 is 2.76 bits per heavy atom. The van der Waals surface area contributed by atoms with Gasteiger partial charge in [0.05, 0.1) is 6.54 Å². The predicted octanol–water partition coefficient (Wildman–Crippen LogP) is 0.866. The maximum absolute atomic E-state index is 11.8. The zero-order chi connectivity index (χ0) is 11.7. The molecule has 0 radical (unpaired) electrons. The van der Waals surface area contributed by atoms with Gasteiger partial charge in [-0.05, 0) is 18.9 Å². The Morgan fingerprint density at radius 1 is 1.29 bits per heavy atom. The lowest BCUT2D eigenvalue weighted by atomic mass is 10.3. The van der Waals surface area contributed by atoms with E-state index >= 15 is 0 Å². The third-order valence-electron chi connectivity index (χ3n) is 3.20. The number of aromatic nitrogens is 2. The molecule has 2 fully saturated rings. The molecule has 1 aliphatic heterocycles. The quantitative estimate of drug-likeness (QED) is 0.777. The van der Waals surface area contributed by atoms with Crippen molar-refractivity contribution in [1.29, 1.82) is 0 Å². The molecule has 2 heterocycles. The van der Waals surface area contributed by atoms with Crippen LogP contribution in [0.4, 0.5) is 0 Å². The summed E-state index contributed by atoms with van der Waals surface area (Å²) < 4.78 is 5.64. The highest BCUT2D eigenvalue weighted by Crippen LogP contribution is 2.32. The largest absolute Gasteiger partial charge is 0.458 e. The molecule has 17 heavy (non-hydrogen) atoms. The van der Waals surface area contributed by atoms with Gasteiger partial charge in [0.15, 0.2) is 0 Å². The van der Waals surface area contributed by atoms with Gasteiger partial charge in [0.2, 0.25) is 5.91 Å². The van der Waals surface area contributed by atoms with E-state index in [1.165, 1.54) is 0 Å². The fraction of sp³-hybridized carbons (Fsp3) is 0.583. The molecule has 1 aromatic heterocycles. The van der Waals surface area contributed by atoms with Crippen LogP contribution in [0.15, 0.2) is 18.5 Å². The average molecular weight is 233 g/mol. The third kappa shape index (κ3) is 2.38. The number of rotatable bonds is 3.